The van der Waals surface area contributed by atoms with Gasteiger partial charge in [-0.25, -0.2) is 0 Å². The van der Waals surface area contributed by atoms with Crippen LogP contribution < -0.4 is 4.74 Å². The highest BCUT2D eigenvalue weighted by Gasteiger charge is 2.52. The van der Waals surface area contributed by atoms with Crippen LogP contribution in [0.1, 0.15) is 62.5 Å². The van der Waals surface area contributed by atoms with E-state index in [9.17, 15) is 4.39 Å². The van der Waals surface area contributed by atoms with Crippen LogP contribution in [0.15, 0.2) is 18.2 Å². The summed E-state index contributed by atoms with van der Waals surface area (Å²) in [6, 6.07) is 6.65. The summed E-state index contributed by atoms with van der Waals surface area (Å²) in [6.45, 7) is 2.28. The standard InChI is InChI=1S/C21H29FO/c1-21-11-10-17-18(20(21)5-3-4-15(21)13-22)9-7-14-6-8-16(23-2)12-19(14)17/h6,8,12,15,17-18,20H,3-5,7,9-11,13H2,1-2H3/t15?,17-,18+,20-,21+/m0/s1. The normalized spacial score (nSPS) is 39.1. The Balaban J connectivity index is 1.68. The molecule has 1 unspecified atom stereocenters. The second-order valence-electron chi connectivity index (χ2n) is 8.31. The van der Waals surface area contributed by atoms with Crippen molar-refractivity contribution in [1.29, 1.82) is 0 Å². The molecule has 0 amide bonds. The van der Waals surface area contributed by atoms with E-state index in [0.717, 1.165) is 24.0 Å². The summed E-state index contributed by atoms with van der Waals surface area (Å²) in [5.74, 6) is 3.43. The molecular formula is C21H29FO. The van der Waals surface area contributed by atoms with Gasteiger partial charge in [0.05, 0.1) is 13.8 Å². The molecule has 0 aromatic heterocycles. The van der Waals surface area contributed by atoms with Gasteiger partial charge in [0.1, 0.15) is 5.75 Å². The number of hydrogen-bond acceptors (Lipinski definition) is 1. The number of ether oxygens (including phenoxy) is 1. The Bertz CT molecular complexity index is 583. The third kappa shape index (κ3) is 2.32. The molecule has 1 nitrogen and oxygen atoms in total. The molecule has 0 N–H and O–H groups in total. The first-order chi connectivity index (χ1) is 11.2. The number of hydrogen-bond donors (Lipinski definition) is 0. The number of methoxy groups -OCH3 is 1. The maximum absolute atomic E-state index is 13.6. The van der Waals surface area contributed by atoms with Crippen molar-refractivity contribution in [3.05, 3.63) is 29.3 Å². The van der Waals surface area contributed by atoms with E-state index in [-0.39, 0.29) is 12.1 Å². The number of rotatable bonds is 2. The highest BCUT2D eigenvalue weighted by molar-refractivity contribution is 5.40. The highest BCUT2D eigenvalue weighted by atomic mass is 19.1. The number of aryl methyl sites for hydroxylation is 1. The van der Waals surface area contributed by atoms with Crippen molar-refractivity contribution in [2.45, 2.75) is 57.8 Å². The Hall–Kier alpha value is -1.05. The van der Waals surface area contributed by atoms with E-state index in [1.54, 1.807) is 7.11 Å². The minimum absolute atomic E-state index is 0.116. The first-order valence-electron chi connectivity index (χ1n) is 9.40. The minimum atomic E-state index is -0.116. The molecule has 0 radical (unpaired) electrons. The molecule has 1 aromatic rings. The van der Waals surface area contributed by atoms with Crippen molar-refractivity contribution in [3.8, 4) is 5.75 Å². The third-order valence-electron chi connectivity index (χ3n) is 7.56. The van der Waals surface area contributed by atoms with E-state index >= 15 is 0 Å². The average Bonchev–Trinajstić information content (AvgIpc) is 2.59. The van der Waals surface area contributed by atoms with Crippen LogP contribution in [0.4, 0.5) is 4.39 Å². The lowest BCUT2D eigenvalue weighted by Crippen LogP contribution is -2.49. The van der Waals surface area contributed by atoms with Gasteiger partial charge in [-0.1, -0.05) is 19.4 Å². The summed E-state index contributed by atoms with van der Waals surface area (Å²) in [5, 5.41) is 0. The summed E-state index contributed by atoms with van der Waals surface area (Å²) < 4.78 is 19.1. The zero-order chi connectivity index (χ0) is 16.0. The molecule has 23 heavy (non-hydrogen) atoms. The third-order valence-corrected chi connectivity index (χ3v) is 7.56. The Morgan fingerprint density at radius 2 is 2.09 bits per heavy atom. The summed E-state index contributed by atoms with van der Waals surface area (Å²) in [6.07, 6.45) is 8.55. The first-order valence-corrected chi connectivity index (χ1v) is 9.40. The van der Waals surface area contributed by atoms with Crippen LogP contribution in [-0.2, 0) is 6.42 Å². The SMILES string of the molecule is COc1ccc2c(c1)[C@H]1CC[C@]3(C)C(CF)CCC[C@H]3[C@@H]1CC2. The fourth-order valence-corrected chi connectivity index (χ4v) is 6.24. The Morgan fingerprint density at radius 1 is 1.22 bits per heavy atom. The summed E-state index contributed by atoms with van der Waals surface area (Å²) in [7, 11) is 1.76. The topological polar surface area (TPSA) is 9.23 Å². The second-order valence-corrected chi connectivity index (χ2v) is 8.31. The van der Waals surface area contributed by atoms with Crippen molar-refractivity contribution in [1.82, 2.24) is 0 Å². The molecule has 5 atom stereocenters. The predicted octanol–water partition coefficient (Wildman–Crippen LogP) is 5.53. The quantitative estimate of drug-likeness (QED) is 0.697. The second kappa shape index (κ2) is 5.79. The Kier molecular flexibility index (Phi) is 3.90. The van der Waals surface area contributed by atoms with Crippen molar-refractivity contribution in [2.75, 3.05) is 13.8 Å². The highest BCUT2D eigenvalue weighted by Crippen LogP contribution is 2.61. The van der Waals surface area contributed by atoms with Gasteiger partial charge in [0.15, 0.2) is 0 Å². The molecule has 3 aliphatic carbocycles. The maximum Gasteiger partial charge on any atom is 0.119 e. The fraction of sp³-hybridized carbons (Fsp3) is 0.714. The Labute approximate surface area is 139 Å². The summed E-state index contributed by atoms with van der Waals surface area (Å²) in [4.78, 5) is 0. The summed E-state index contributed by atoms with van der Waals surface area (Å²) >= 11 is 0. The van der Waals surface area contributed by atoms with Gasteiger partial charge in [-0.2, -0.15) is 0 Å². The molecule has 4 rings (SSSR count). The van der Waals surface area contributed by atoms with Crippen LogP contribution in [0.25, 0.3) is 0 Å². The van der Waals surface area contributed by atoms with Crippen LogP contribution >= 0.6 is 0 Å². The Morgan fingerprint density at radius 3 is 2.87 bits per heavy atom. The van der Waals surface area contributed by atoms with E-state index in [1.807, 2.05) is 0 Å². The molecule has 0 heterocycles. The lowest BCUT2D eigenvalue weighted by atomic mass is 9.48. The number of fused-ring (bicyclic) bond motifs is 5. The molecule has 2 fully saturated rings. The number of benzene rings is 1. The van der Waals surface area contributed by atoms with Gasteiger partial charge in [-0.05, 0) is 90.9 Å². The maximum atomic E-state index is 13.6. The molecule has 0 saturated heterocycles. The average molecular weight is 316 g/mol. The van der Waals surface area contributed by atoms with Crippen LogP contribution in [0.5, 0.6) is 5.75 Å². The molecule has 0 bridgehead atoms. The van der Waals surface area contributed by atoms with E-state index in [2.05, 4.69) is 25.1 Å². The minimum Gasteiger partial charge on any atom is -0.497 e. The molecule has 2 saturated carbocycles. The van der Waals surface area contributed by atoms with Gasteiger partial charge in [-0.3, -0.25) is 4.39 Å². The van der Waals surface area contributed by atoms with Gasteiger partial charge in [0.2, 0.25) is 0 Å². The van der Waals surface area contributed by atoms with Crippen molar-refractivity contribution >= 4 is 0 Å². The van der Waals surface area contributed by atoms with Crippen LogP contribution in [-0.4, -0.2) is 13.8 Å². The lowest BCUT2D eigenvalue weighted by Gasteiger charge is -2.57. The van der Waals surface area contributed by atoms with Crippen LogP contribution in [0, 0.1) is 23.2 Å². The molecule has 3 aliphatic rings. The summed E-state index contributed by atoms with van der Waals surface area (Å²) in [5.41, 5.74) is 3.29. The molecule has 2 heteroatoms. The van der Waals surface area contributed by atoms with Crippen molar-refractivity contribution in [3.63, 3.8) is 0 Å². The molecule has 126 valence electrons. The zero-order valence-corrected chi connectivity index (χ0v) is 14.5. The van der Waals surface area contributed by atoms with E-state index in [1.165, 1.54) is 49.7 Å². The zero-order valence-electron chi connectivity index (χ0n) is 14.5. The van der Waals surface area contributed by atoms with Gasteiger partial charge in [-0.15, -0.1) is 0 Å². The van der Waals surface area contributed by atoms with Crippen molar-refractivity contribution < 1.29 is 9.13 Å². The van der Waals surface area contributed by atoms with Crippen LogP contribution in [0.3, 0.4) is 0 Å². The monoisotopic (exact) mass is 316 g/mol. The molecule has 1 aromatic carbocycles. The molecule has 0 spiro atoms. The van der Waals surface area contributed by atoms with E-state index in [4.69, 9.17) is 4.74 Å². The van der Waals surface area contributed by atoms with E-state index < -0.39 is 0 Å². The van der Waals surface area contributed by atoms with Gasteiger partial charge in [0.25, 0.3) is 0 Å². The van der Waals surface area contributed by atoms with Gasteiger partial charge < -0.3 is 4.74 Å². The van der Waals surface area contributed by atoms with Gasteiger partial charge in [0, 0.05) is 0 Å². The number of halogens is 1. The van der Waals surface area contributed by atoms with E-state index in [0.29, 0.717) is 11.8 Å². The molecular weight excluding hydrogens is 287 g/mol. The first kappa shape index (κ1) is 15.5. The molecule has 0 aliphatic heterocycles. The lowest BCUT2D eigenvalue weighted by molar-refractivity contribution is -0.0571. The van der Waals surface area contributed by atoms with Crippen molar-refractivity contribution in [2.24, 2.45) is 23.2 Å². The van der Waals surface area contributed by atoms with Crippen LogP contribution in [0.2, 0.25) is 0 Å². The smallest absolute Gasteiger partial charge is 0.119 e. The predicted molar refractivity (Wildman–Crippen MR) is 91.7 cm³/mol. The number of alkyl halides is 1. The fourth-order valence-electron chi connectivity index (χ4n) is 6.24. The largest absolute Gasteiger partial charge is 0.497 e. The van der Waals surface area contributed by atoms with Gasteiger partial charge >= 0.3 is 0 Å².